The third-order valence-corrected chi connectivity index (χ3v) is 2.81. The highest BCUT2D eigenvalue weighted by Crippen LogP contribution is 2.31. The Hall–Kier alpha value is -2.41. The molecule has 2 rings (SSSR count). The highest BCUT2D eigenvalue weighted by Gasteiger charge is 2.30. The van der Waals surface area contributed by atoms with Crippen molar-refractivity contribution >= 4 is 5.91 Å². The quantitative estimate of drug-likeness (QED) is 0.912. The zero-order valence-electron chi connectivity index (χ0n) is 10.6. The number of aliphatic hydroxyl groups is 1. The lowest BCUT2D eigenvalue weighted by atomic mass is 10.1. The standard InChI is InChI=1S/C14H11F3N2O2/c15-14(16,17)9-4-1-3-8(7-9)10-5-2-6-11(19-10)12(20)13(18)21/h1-7,12,20H,(H2,18,21). The molecule has 2 aromatic rings. The van der Waals surface area contributed by atoms with Crippen molar-refractivity contribution in [2.45, 2.75) is 12.3 Å². The Labute approximate surface area is 118 Å². The van der Waals surface area contributed by atoms with E-state index in [1.54, 1.807) is 0 Å². The summed E-state index contributed by atoms with van der Waals surface area (Å²) in [6.45, 7) is 0. The zero-order chi connectivity index (χ0) is 15.6. The number of amides is 1. The Morgan fingerprint density at radius 1 is 1.19 bits per heavy atom. The molecule has 110 valence electrons. The highest BCUT2D eigenvalue weighted by molar-refractivity contribution is 5.79. The number of nitrogens with zero attached hydrogens (tertiary/aromatic N) is 1. The van der Waals surface area contributed by atoms with Gasteiger partial charge in [-0.15, -0.1) is 0 Å². The van der Waals surface area contributed by atoms with Crippen LogP contribution in [-0.4, -0.2) is 16.0 Å². The molecule has 0 aliphatic heterocycles. The van der Waals surface area contributed by atoms with Gasteiger partial charge >= 0.3 is 6.18 Å². The molecular formula is C14H11F3N2O2. The predicted octanol–water partition coefficient (Wildman–Crippen LogP) is 2.29. The number of aromatic nitrogens is 1. The number of carbonyl (C=O) groups excluding carboxylic acids is 1. The second kappa shape index (κ2) is 5.53. The Kier molecular flexibility index (Phi) is 3.95. The predicted molar refractivity (Wildman–Crippen MR) is 68.8 cm³/mol. The van der Waals surface area contributed by atoms with Gasteiger partial charge in [-0.05, 0) is 24.3 Å². The first-order valence-electron chi connectivity index (χ1n) is 5.91. The summed E-state index contributed by atoms with van der Waals surface area (Å²) in [4.78, 5) is 14.9. The first-order chi connectivity index (χ1) is 9.79. The molecule has 0 saturated carbocycles. The molecule has 1 heterocycles. The molecule has 21 heavy (non-hydrogen) atoms. The van der Waals surface area contributed by atoms with Gasteiger partial charge in [-0.2, -0.15) is 13.2 Å². The Morgan fingerprint density at radius 2 is 1.86 bits per heavy atom. The van der Waals surface area contributed by atoms with Gasteiger partial charge in [0.25, 0.3) is 5.91 Å². The topological polar surface area (TPSA) is 76.2 Å². The molecule has 1 atom stereocenters. The molecule has 3 N–H and O–H groups in total. The van der Waals surface area contributed by atoms with Crippen LogP contribution in [0.1, 0.15) is 17.4 Å². The van der Waals surface area contributed by atoms with Crippen LogP contribution in [0.2, 0.25) is 0 Å². The summed E-state index contributed by atoms with van der Waals surface area (Å²) in [6.07, 6.45) is -6.06. The van der Waals surface area contributed by atoms with E-state index < -0.39 is 23.8 Å². The van der Waals surface area contributed by atoms with Crippen LogP contribution in [0, 0.1) is 0 Å². The average Bonchev–Trinajstić information content (AvgIpc) is 2.46. The molecule has 1 aromatic heterocycles. The molecule has 1 unspecified atom stereocenters. The first-order valence-corrected chi connectivity index (χ1v) is 5.91. The maximum atomic E-state index is 12.7. The highest BCUT2D eigenvalue weighted by atomic mass is 19.4. The van der Waals surface area contributed by atoms with Crippen LogP contribution in [0.25, 0.3) is 11.3 Å². The molecule has 0 saturated heterocycles. The molecule has 0 spiro atoms. The fourth-order valence-corrected chi connectivity index (χ4v) is 1.77. The number of hydrogen-bond donors (Lipinski definition) is 2. The Bertz CT molecular complexity index is 671. The van der Waals surface area contributed by atoms with Crippen molar-refractivity contribution < 1.29 is 23.1 Å². The van der Waals surface area contributed by atoms with E-state index in [0.717, 1.165) is 12.1 Å². The summed E-state index contributed by atoms with van der Waals surface area (Å²) in [5.74, 6) is -0.983. The molecule has 1 aromatic carbocycles. The van der Waals surface area contributed by atoms with Crippen molar-refractivity contribution in [1.29, 1.82) is 0 Å². The lowest BCUT2D eigenvalue weighted by Crippen LogP contribution is -2.21. The van der Waals surface area contributed by atoms with Gasteiger partial charge in [-0.3, -0.25) is 4.79 Å². The largest absolute Gasteiger partial charge is 0.416 e. The Balaban J connectivity index is 2.43. The van der Waals surface area contributed by atoms with Crippen LogP contribution in [0.4, 0.5) is 13.2 Å². The molecule has 7 heteroatoms. The minimum atomic E-state index is -4.46. The fourth-order valence-electron chi connectivity index (χ4n) is 1.77. The van der Waals surface area contributed by atoms with Crippen molar-refractivity contribution in [3.63, 3.8) is 0 Å². The van der Waals surface area contributed by atoms with Gasteiger partial charge < -0.3 is 10.8 Å². The molecule has 1 amide bonds. The second-order valence-electron chi connectivity index (χ2n) is 4.33. The van der Waals surface area contributed by atoms with Crippen molar-refractivity contribution in [3.8, 4) is 11.3 Å². The molecule has 0 radical (unpaired) electrons. The minimum Gasteiger partial charge on any atom is -0.377 e. The molecular weight excluding hydrogens is 285 g/mol. The van der Waals surface area contributed by atoms with Gasteiger partial charge in [0.1, 0.15) is 0 Å². The summed E-state index contributed by atoms with van der Waals surface area (Å²) in [6, 6.07) is 8.94. The number of carbonyl (C=O) groups is 1. The molecule has 4 nitrogen and oxygen atoms in total. The number of benzene rings is 1. The van der Waals surface area contributed by atoms with E-state index in [4.69, 9.17) is 5.73 Å². The van der Waals surface area contributed by atoms with Crippen molar-refractivity contribution in [2.75, 3.05) is 0 Å². The number of halogens is 3. The van der Waals surface area contributed by atoms with E-state index in [-0.39, 0.29) is 17.0 Å². The molecule has 0 fully saturated rings. The van der Waals surface area contributed by atoms with Crippen LogP contribution >= 0.6 is 0 Å². The number of nitrogens with two attached hydrogens (primary N) is 1. The lowest BCUT2D eigenvalue weighted by Gasteiger charge is -2.10. The summed E-state index contributed by atoms with van der Waals surface area (Å²) in [5.41, 5.74) is 4.57. The summed E-state index contributed by atoms with van der Waals surface area (Å²) in [5, 5.41) is 9.54. The maximum absolute atomic E-state index is 12.7. The van der Waals surface area contributed by atoms with Gasteiger partial charge in [-0.1, -0.05) is 18.2 Å². The van der Waals surface area contributed by atoms with Crippen LogP contribution in [0.15, 0.2) is 42.5 Å². The SMILES string of the molecule is NC(=O)C(O)c1cccc(-c2cccc(C(F)(F)F)c2)n1. The fraction of sp³-hybridized carbons (Fsp3) is 0.143. The van der Waals surface area contributed by atoms with E-state index in [9.17, 15) is 23.1 Å². The second-order valence-corrected chi connectivity index (χ2v) is 4.33. The number of alkyl halides is 3. The van der Waals surface area contributed by atoms with E-state index in [1.807, 2.05) is 0 Å². The van der Waals surface area contributed by atoms with E-state index >= 15 is 0 Å². The number of aliphatic hydroxyl groups excluding tert-OH is 1. The van der Waals surface area contributed by atoms with Gasteiger partial charge in [0.05, 0.1) is 17.0 Å². The van der Waals surface area contributed by atoms with Crippen molar-refractivity contribution in [2.24, 2.45) is 5.73 Å². The number of primary amides is 1. The number of pyridine rings is 1. The molecule has 0 aliphatic carbocycles. The van der Waals surface area contributed by atoms with Gasteiger partial charge in [0, 0.05) is 5.56 Å². The summed E-state index contributed by atoms with van der Waals surface area (Å²) < 4.78 is 38.0. The van der Waals surface area contributed by atoms with Crippen LogP contribution in [0.5, 0.6) is 0 Å². The third-order valence-electron chi connectivity index (χ3n) is 2.81. The summed E-state index contributed by atoms with van der Waals surface area (Å²) in [7, 11) is 0. The minimum absolute atomic E-state index is 0.0163. The normalized spacial score (nSPS) is 13.0. The third kappa shape index (κ3) is 3.38. The Morgan fingerprint density at radius 3 is 2.48 bits per heavy atom. The van der Waals surface area contributed by atoms with Gasteiger partial charge in [0.15, 0.2) is 6.10 Å². The smallest absolute Gasteiger partial charge is 0.377 e. The lowest BCUT2D eigenvalue weighted by molar-refractivity contribution is -0.137. The van der Waals surface area contributed by atoms with E-state index in [1.165, 1.54) is 30.3 Å². The van der Waals surface area contributed by atoms with Crippen LogP contribution in [-0.2, 0) is 11.0 Å². The van der Waals surface area contributed by atoms with Crippen LogP contribution in [0.3, 0.4) is 0 Å². The van der Waals surface area contributed by atoms with Crippen molar-refractivity contribution in [1.82, 2.24) is 4.98 Å². The number of rotatable bonds is 3. The van der Waals surface area contributed by atoms with Gasteiger partial charge in [-0.25, -0.2) is 4.98 Å². The first kappa shape index (κ1) is 15.0. The monoisotopic (exact) mass is 296 g/mol. The molecule has 0 aliphatic rings. The van der Waals surface area contributed by atoms with Crippen molar-refractivity contribution in [3.05, 3.63) is 53.7 Å². The van der Waals surface area contributed by atoms with E-state index in [2.05, 4.69) is 4.98 Å². The zero-order valence-corrected chi connectivity index (χ0v) is 10.6. The van der Waals surface area contributed by atoms with Crippen LogP contribution < -0.4 is 5.73 Å². The molecule has 0 bridgehead atoms. The maximum Gasteiger partial charge on any atom is 0.416 e. The number of hydrogen-bond acceptors (Lipinski definition) is 3. The summed E-state index contributed by atoms with van der Waals surface area (Å²) >= 11 is 0. The van der Waals surface area contributed by atoms with Gasteiger partial charge in [0.2, 0.25) is 0 Å². The average molecular weight is 296 g/mol. The van der Waals surface area contributed by atoms with E-state index in [0.29, 0.717) is 0 Å².